The summed E-state index contributed by atoms with van der Waals surface area (Å²) < 4.78 is 0. The van der Waals surface area contributed by atoms with Crippen LogP contribution in [0.25, 0.3) is 11.6 Å². The maximum Gasteiger partial charge on any atom is 0.0677 e. The van der Waals surface area contributed by atoms with E-state index in [1.807, 2.05) is 0 Å². The Labute approximate surface area is 463 Å². The van der Waals surface area contributed by atoms with E-state index in [1.54, 1.807) is 5.57 Å². The summed E-state index contributed by atoms with van der Waals surface area (Å²) in [4.78, 5) is 0. The Hall–Kier alpha value is -5.20. The van der Waals surface area contributed by atoms with Gasteiger partial charge in [-0.05, 0) is 141 Å². The summed E-state index contributed by atoms with van der Waals surface area (Å²) in [7, 11) is 0. The lowest BCUT2D eigenvalue weighted by molar-refractivity contribution is 0.465. The Bertz CT molecular complexity index is 2640. The average Bonchev–Trinajstić information content (AvgIpc) is 4.08. The van der Waals surface area contributed by atoms with Gasteiger partial charge in [0.25, 0.3) is 0 Å². The first-order chi connectivity index (χ1) is 37.6. The monoisotopic (exact) mass is 1010 g/mol. The molecule has 0 spiro atoms. The van der Waals surface area contributed by atoms with Gasteiger partial charge in [0.1, 0.15) is 0 Å². The molecule has 1 unspecified atom stereocenters. The molecule has 6 aromatic rings. The Morgan fingerprint density at radius 1 is 0.355 bits per heavy atom. The normalized spacial score (nSPS) is 15.8. The molecule has 0 nitrogen and oxygen atoms in total. The second-order valence-electron chi connectivity index (χ2n) is 23.8. The summed E-state index contributed by atoms with van der Waals surface area (Å²) in [6.07, 6.45) is 40.0. The van der Waals surface area contributed by atoms with E-state index < -0.39 is 10.8 Å². The van der Waals surface area contributed by atoms with Crippen molar-refractivity contribution in [1.82, 2.24) is 0 Å². The van der Waals surface area contributed by atoms with Crippen molar-refractivity contribution >= 4 is 11.6 Å². The van der Waals surface area contributed by atoms with Gasteiger partial charge in [-0.15, -0.1) is 0 Å². The molecule has 3 aliphatic carbocycles. The third kappa shape index (κ3) is 12.2. The average molecular weight is 1010 g/mol. The molecule has 76 heavy (non-hydrogen) atoms. The summed E-state index contributed by atoms with van der Waals surface area (Å²) in [6.45, 7) is 9.28. The molecule has 6 aromatic carbocycles. The molecule has 0 aromatic heterocycles. The van der Waals surface area contributed by atoms with Crippen LogP contribution >= 0.6 is 0 Å². The molecule has 0 heteroatoms. The number of aryl methyl sites for hydroxylation is 4. The van der Waals surface area contributed by atoms with Crippen LogP contribution in [-0.2, 0) is 42.9 Å². The lowest BCUT2D eigenvalue weighted by Gasteiger charge is -2.55. The highest BCUT2D eigenvalue weighted by atomic mass is 14.6. The van der Waals surface area contributed by atoms with Gasteiger partial charge >= 0.3 is 0 Å². The van der Waals surface area contributed by atoms with Crippen LogP contribution in [0.3, 0.4) is 0 Å². The van der Waals surface area contributed by atoms with E-state index >= 15 is 0 Å². The third-order valence-corrected chi connectivity index (χ3v) is 18.5. The molecule has 0 radical (unpaired) electrons. The number of unbranched alkanes of at least 4 members (excludes halogenated alkanes) is 20. The number of fused-ring (bicyclic) bond motifs is 5. The van der Waals surface area contributed by atoms with Crippen molar-refractivity contribution < 1.29 is 0 Å². The molecule has 0 N–H and O–H groups in total. The standard InChI is InChI=1S/C76H96/c1-5-9-13-17-21-25-33-59-41-49-65(50-42-59)75(66-51-43-60(44-52-66)34-26-22-18-14-10-6-2)71-57-63-37-30-32-40-70(63)74(71)76(72-58-64-38-29-31-39-69(64)73(72)75,67-53-45-61(46-54-67)35-27-23-19-15-11-7-3)68-55-47-62(48-56-68)36-28-24-20-16-12-8-4/h29-32,37-57,74H,5-28,33-36,58H2,1-4H3. The Balaban J connectivity index is 1.24. The topological polar surface area (TPSA) is 0 Å². The molecule has 9 rings (SSSR count). The van der Waals surface area contributed by atoms with Gasteiger partial charge in [0, 0.05) is 5.92 Å². The van der Waals surface area contributed by atoms with Crippen LogP contribution < -0.4 is 0 Å². The third-order valence-electron chi connectivity index (χ3n) is 18.5. The largest absolute Gasteiger partial charge is 0.0677 e. The summed E-state index contributed by atoms with van der Waals surface area (Å²) in [6, 6.07) is 59.9. The number of hydrogen-bond donors (Lipinski definition) is 0. The fraction of sp³-hybridized carbons (Fsp3) is 0.474. The van der Waals surface area contributed by atoms with E-state index in [9.17, 15) is 0 Å². The van der Waals surface area contributed by atoms with Crippen molar-refractivity contribution in [2.24, 2.45) is 0 Å². The Morgan fingerprint density at radius 2 is 0.711 bits per heavy atom. The van der Waals surface area contributed by atoms with Gasteiger partial charge in [-0.2, -0.15) is 0 Å². The molecule has 1 atom stereocenters. The van der Waals surface area contributed by atoms with E-state index in [0.29, 0.717) is 0 Å². The zero-order valence-electron chi connectivity index (χ0n) is 48.0. The maximum atomic E-state index is 2.69. The quantitative estimate of drug-likeness (QED) is 0.0370. The molecule has 0 saturated heterocycles. The first-order valence-electron chi connectivity index (χ1n) is 31.6. The fourth-order valence-electron chi connectivity index (χ4n) is 14.3. The van der Waals surface area contributed by atoms with Crippen molar-refractivity contribution in [3.63, 3.8) is 0 Å². The lowest BCUT2D eigenvalue weighted by atomic mass is 9.46. The smallest absolute Gasteiger partial charge is 0.0654 e. The number of rotatable bonds is 32. The van der Waals surface area contributed by atoms with E-state index in [2.05, 4.69) is 179 Å². The lowest BCUT2D eigenvalue weighted by Crippen LogP contribution is -2.48. The van der Waals surface area contributed by atoms with Gasteiger partial charge in [-0.1, -0.05) is 308 Å². The van der Waals surface area contributed by atoms with Gasteiger partial charge < -0.3 is 0 Å². The molecule has 0 aliphatic heterocycles. The highest BCUT2D eigenvalue weighted by molar-refractivity contribution is 5.98. The van der Waals surface area contributed by atoms with Crippen LogP contribution in [0.1, 0.15) is 254 Å². The van der Waals surface area contributed by atoms with Crippen molar-refractivity contribution in [3.8, 4) is 0 Å². The zero-order valence-corrected chi connectivity index (χ0v) is 48.0. The highest BCUT2D eigenvalue weighted by Gasteiger charge is 2.63. The van der Waals surface area contributed by atoms with Crippen LogP contribution in [0, 0.1) is 0 Å². The van der Waals surface area contributed by atoms with Crippen LogP contribution in [-0.4, -0.2) is 0 Å². The molecular formula is C76H96. The number of hydrogen-bond acceptors (Lipinski definition) is 0. The van der Waals surface area contributed by atoms with Crippen molar-refractivity contribution in [3.05, 3.63) is 224 Å². The Morgan fingerprint density at radius 3 is 1.13 bits per heavy atom. The minimum atomic E-state index is -0.512. The zero-order chi connectivity index (χ0) is 52.4. The molecule has 400 valence electrons. The van der Waals surface area contributed by atoms with Crippen LogP contribution in [0.4, 0.5) is 0 Å². The molecular weight excluding hydrogens is 913 g/mol. The summed E-state index contributed by atoms with van der Waals surface area (Å²) in [5, 5.41) is 0. The van der Waals surface area contributed by atoms with Crippen molar-refractivity contribution in [1.29, 1.82) is 0 Å². The maximum absolute atomic E-state index is 2.69. The molecule has 0 amide bonds. The number of benzene rings is 6. The molecule has 3 aliphatic rings. The SMILES string of the molecule is CCCCCCCCc1ccc(C2(c3ccc(CCCCCCCC)cc3)C3=Cc4ccccc4C3C(c3ccc(CCCCCCCC)cc3)(c3ccc(CCCCCCCC)cc3)C3=C2c2ccccc2C3)cc1. The van der Waals surface area contributed by atoms with Gasteiger partial charge in [0.05, 0.1) is 10.8 Å². The highest BCUT2D eigenvalue weighted by Crippen LogP contribution is 2.71. The molecule has 0 heterocycles. The van der Waals surface area contributed by atoms with E-state index in [1.165, 1.54) is 232 Å². The summed E-state index contributed by atoms with van der Waals surface area (Å²) in [5.41, 5.74) is 21.0. The van der Waals surface area contributed by atoms with Crippen LogP contribution in [0.5, 0.6) is 0 Å². The Kier molecular flexibility index (Phi) is 20.4. The first-order valence-corrected chi connectivity index (χ1v) is 31.6. The van der Waals surface area contributed by atoms with E-state index in [4.69, 9.17) is 0 Å². The predicted octanol–water partition coefficient (Wildman–Crippen LogP) is 21.8. The van der Waals surface area contributed by atoms with Gasteiger partial charge in [0.15, 0.2) is 0 Å². The van der Waals surface area contributed by atoms with Gasteiger partial charge in [-0.25, -0.2) is 0 Å². The predicted molar refractivity (Wildman–Crippen MR) is 330 cm³/mol. The summed E-state index contributed by atoms with van der Waals surface area (Å²) >= 11 is 0. The second-order valence-corrected chi connectivity index (χ2v) is 23.8. The van der Waals surface area contributed by atoms with Crippen LogP contribution in [0.2, 0.25) is 0 Å². The molecule has 0 bridgehead atoms. The van der Waals surface area contributed by atoms with Gasteiger partial charge in [0.2, 0.25) is 0 Å². The van der Waals surface area contributed by atoms with Crippen molar-refractivity contribution in [2.45, 2.75) is 231 Å². The minimum absolute atomic E-state index is 0.0798. The first kappa shape index (κ1) is 55.6. The van der Waals surface area contributed by atoms with Crippen molar-refractivity contribution in [2.75, 3.05) is 0 Å². The number of allylic oxidation sites excluding steroid dienone is 3. The van der Waals surface area contributed by atoms with E-state index in [-0.39, 0.29) is 5.92 Å². The summed E-state index contributed by atoms with van der Waals surface area (Å²) in [5.74, 6) is 0.0798. The van der Waals surface area contributed by atoms with E-state index in [0.717, 1.165) is 32.1 Å². The molecule has 0 saturated carbocycles. The minimum Gasteiger partial charge on any atom is -0.0654 e. The second kappa shape index (κ2) is 27.9. The van der Waals surface area contributed by atoms with Crippen LogP contribution in [0.15, 0.2) is 157 Å². The van der Waals surface area contributed by atoms with Gasteiger partial charge in [-0.3, -0.25) is 0 Å². The fourth-order valence-corrected chi connectivity index (χ4v) is 14.3. The molecule has 0 fully saturated rings.